The second kappa shape index (κ2) is 6.57. The van der Waals surface area contributed by atoms with Gasteiger partial charge in [0.15, 0.2) is 11.5 Å². The number of rotatable bonds is 4. The van der Waals surface area contributed by atoms with Crippen molar-refractivity contribution in [1.82, 2.24) is 0 Å². The molecule has 0 bridgehead atoms. The Hall–Kier alpha value is -1.46. The van der Waals surface area contributed by atoms with E-state index in [0.29, 0.717) is 15.5 Å². The number of ether oxygens (including phenoxy) is 2. The standard InChI is InChI=1S/C15H13BrF3O3P/c1-23(2,20)12-6-4-11(5-7-12)21-13-8-3-10(16)9-14(13)22-15(17,18)19/h3-9H,1-2H3. The van der Waals surface area contributed by atoms with Gasteiger partial charge in [-0.25, -0.2) is 0 Å². The molecule has 0 aliphatic heterocycles. The molecule has 0 aliphatic rings. The van der Waals surface area contributed by atoms with Gasteiger partial charge in [0.25, 0.3) is 0 Å². The summed E-state index contributed by atoms with van der Waals surface area (Å²) in [6, 6.07) is 10.4. The summed E-state index contributed by atoms with van der Waals surface area (Å²) in [5.41, 5.74) is 0. The molecule has 0 unspecified atom stereocenters. The first-order chi connectivity index (χ1) is 10.5. The van der Waals surface area contributed by atoms with Gasteiger partial charge in [-0.15, -0.1) is 13.2 Å². The van der Waals surface area contributed by atoms with Crippen molar-refractivity contribution in [1.29, 1.82) is 0 Å². The molecule has 2 aromatic rings. The Morgan fingerprint density at radius 1 is 1.00 bits per heavy atom. The van der Waals surface area contributed by atoms with Crippen molar-refractivity contribution >= 4 is 28.4 Å². The summed E-state index contributed by atoms with van der Waals surface area (Å²) < 4.78 is 59.1. The molecule has 124 valence electrons. The average molecular weight is 409 g/mol. The second-order valence-corrected chi connectivity index (χ2v) is 9.22. The largest absolute Gasteiger partial charge is 0.573 e. The fourth-order valence-electron chi connectivity index (χ4n) is 1.77. The second-order valence-electron chi connectivity index (χ2n) is 5.09. The van der Waals surface area contributed by atoms with E-state index in [4.69, 9.17) is 4.74 Å². The predicted octanol–water partition coefficient (Wildman–Crippen LogP) is 5.39. The lowest BCUT2D eigenvalue weighted by Gasteiger charge is -2.15. The van der Waals surface area contributed by atoms with Crippen LogP contribution in [0.5, 0.6) is 17.2 Å². The van der Waals surface area contributed by atoms with Crippen LogP contribution < -0.4 is 14.8 Å². The number of halogens is 4. The summed E-state index contributed by atoms with van der Waals surface area (Å²) in [6.07, 6.45) is -4.82. The summed E-state index contributed by atoms with van der Waals surface area (Å²) in [5, 5.41) is 0.660. The van der Waals surface area contributed by atoms with Crippen LogP contribution in [-0.4, -0.2) is 19.7 Å². The first kappa shape index (κ1) is 17.9. The van der Waals surface area contributed by atoms with E-state index in [2.05, 4.69) is 20.7 Å². The highest BCUT2D eigenvalue weighted by Crippen LogP contribution is 2.38. The van der Waals surface area contributed by atoms with Gasteiger partial charge >= 0.3 is 6.36 Å². The lowest BCUT2D eigenvalue weighted by atomic mass is 10.3. The Kier molecular flexibility index (Phi) is 5.11. The lowest BCUT2D eigenvalue weighted by Crippen LogP contribution is -2.17. The molecule has 0 atom stereocenters. The smallest absolute Gasteiger partial charge is 0.453 e. The van der Waals surface area contributed by atoms with Gasteiger partial charge in [-0.1, -0.05) is 15.9 Å². The van der Waals surface area contributed by atoms with E-state index < -0.39 is 19.3 Å². The number of alkyl halides is 3. The van der Waals surface area contributed by atoms with Gasteiger partial charge in [-0.3, -0.25) is 0 Å². The van der Waals surface area contributed by atoms with Crippen molar-refractivity contribution in [3.63, 3.8) is 0 Å². The molecule has 0 saturated heterocycles. The molecule has 0 radical (unpaired) electrons. The van der Waals surface area contributed by atoms with E-state index in [0.717, 1.165) is 0 Å². The maximum absolute atomic E-state index is 12.5. The zero-order valence-corrected chi connectivity index (χ0v) is 14.7. The van der Waals surface area contributed by atoms with Crippen LogP contribution in [0, 0.1) is 0 Å². The van der Waals surface area contributed by atoms with E-state index >= 15 is 0 Å². The molecule has 0 amide bonds. The van der Waals surface area contributed by atoms with Gasteiger partial charge in [0.1, 0.15) is 12.9 Å². The highest BCUT2D eigenvalue weighted by atomic mass is 79.9. The molecule has 2 aromatic carbocycles. The molecule has 0 N–H and O–H groups in total. The Bertz CT molecular complexity index is 739. The van der Waals surface area contributed by atoms with Crippen LogP contribution in [0.25, 0.3) is 0 Å². The van der Waals surface area contributed by atoms with E-state index in [9.17, 15) is 17.7 Å². The van der Waals surface area contributed by atoms with Crippen LogP contribution in [0.2, 0.25) is 0 Å². The Morgan fingerprint density at radius 3 is 2.13 bits per heavy atom. The van der Waals surface area contributed by atoms with Gasteiger partial charge in [0, 0.05) is 9.78 Å². The minimum atomic E-state index is -4.82. The summed E-state index contributed by atoms with van der Waals surface area (Å²) in [5.74, 6) is -0.210. The highest BCUT2D eigenvalue weighted by molar-refractivity contribution is 9.10. The maximum atomic E-state index is 12.5. The summed E-state index contributed by atoms with van der Waals surface area (Å²) in [7, 11) is -2.40. The zero-order chi connectivity index (χ0) is 17.3. The fourth-order valence-corrected chi connectivity index (χ4v) is 2.98. The normalized spacial score (nSPS) is 12.1. The first-order valence-electron chi connectivity index (χ1n) is 6.43. The highest BCUT2D eigenvalue weighted by Gasteiger charge is 2.32. The van der Waals surface area contributed by atoms with Crippen LogP contribution >= 0.6 is 23.1 Å². The SMILES string of the molecule is CP(C)(=O)c1ccc(Oc2ccc(Br)cc2OC(F)(F)F)cc1. The van der Waals surface area contributed by atoms with Crippen LogP contribution in [0.3, 0.4) is 0 Å². The maximum Gasteiger partial charge on any atom is 0.573 e. The third-order valence-electron chi connectivity index (χ3n) is 2.82. The van der Waals surface area contributed by atoms with E-state index in [-0.39, 0.29) is 5.75 Å². The molecule has 0 spiro atoms. The van der Waals surface area contributed by atoms with Gasteiger partial charge in [0.05, 0.1) is 0 Å². The van der Waals surface area contributed by atoms with Crippen LogP contribution in [-0.2, 0) is 4.57 Å². The van der Waals surface area contributed by atoms with Gasteiger partial charge in [-0.2, -0.15) is 0 Å². The average Bonchev–Trinajstić information content (AvgIpc) is 2.40. The van der Waals surface area contributed by atoms with Crippen molar-refractivity contribution in [2.75, 3.05) is 13.3 Å². The third-order valence-corrected chi connectivity index (χ3v) is 4.85. The number of hydrogen-bond acceptors (Lipinski definition) is 3. The zero-order valence-electron chi connectivity index (χ0n) is 12.2. The van der Waals surface area contributed by atoms with Crippen molar-refractivity contribution in [3.05, 3.63) is 46.9 Å². The quantitative estimate of drug-likeness (QED) is 0.636. The molecule has 0 heterocycles. The topological polar surface area (TPSA) is 35.5 Å². The first-order valence-corrected chi connectivity index (χ1v) is 9.83. The Morgan fingerprint density at radius 2 is 1.61 bits per heavy atom. The number of hydrogen-bond donors (Lipinski definition) is 0. The summed E-state index contributed by atoms with van der Waals surface area (Å²) in [4.78, 5) is 0. The molecular weight excluding hydrogens is 396 g/mol. The van der Waals surface area contributed by atoms with Crippen molar-refractivity contribution < 1.29 is 27.2 Å². The van der Waals surface area contributed by atoms with E-state index in [1.54, 1.807) is 43.7 Å². The fraction of sp³-hybridized carbons (Fsp3) is 0.200. The lowest BCUT2D eigenvalue weighted by molar-refractivity contribution is -0.275. The van der Waals surface area contributed by atoms with Crippen molar-refractivity contribution in [3.8, 4) is 17.2 Å². The van der Waals surface area contributed by atoms with Crippen LogP contribution in [0.15, 0.2) is 46.9 Å². The van der Waals surface area contributed by atoms with Gasteiger partial charge < -0.3 is 14.0 Å². The molecule has 2 rings (SSSR count). The van der Waals surface area contributed by atoms with E-state index in [1.807, 2.05) is 0 Å². The molecule has 0 saturated carbocycles. The minimum absolute atomic E-state index is 0.0746. The van der Waals surface area contributed by atoms with Crippen molar-refractivity contribution in [2.24, 2.45) is 0 Å². The molecule has 3 nitrogen and oxygen atoms in total. The van der Waals surface area contributed by atoms with Gasteiger partial charge in [-0.05, 0) is 55.8 Å². The van der Waals surface area contributed by atoms with E-state index in [1.165, 1.54) is 12.1 Å². The molecule has 0 aliphatic carbocycles. The predicted molar refractivity (Wildman–Crippen MR) is 86.4 cm³/mol. The minimum Gasteiger partial charge on any atom is -0.453 e. The molecule has 0 aromatic heterocycles. The van der Waals surface area contributed by atoms with Crippen LogP contribution in [0.4, 0.5) is 13.2 Å². The molecular formula is C15H13BrF3O3P. The molecule has 23 heavy (non-hydrogen) atoms. The molecule has 0 fully saturated rings. The van der Waals surface area contributed by atoms with Crippen LogP contribution in [0.1, 0.15) is 0 Å². The third kappa shape index (κ3) is 5.29. The summed E-state index contributed by atoms with van der Waals surface area (Å²) >= 11 is 3.09. The Labute approximate surface area is 139 Å². The van der Waals surface area contributed by atoms with Gasteiger partial charge in [0.2, 0.25) is 0 Å². The Balaban J connectivity index is 2.28. The van der Waals surface area contributed by atoms with Crippen molar-refractivity contribution in [2.45, 2.75) is 6.36 Å². The molecule has 8 heteroatoms. The monoisotopic (exact) mass is 408 g/mol. The number of benzene rings is 2. The summed E-state index contributed by atoms with van der Waals surface area (Å²) in [6.45, 7) is 3.26.